The van der Waals surface area contributed by atoms with Gasteiger partial charge in [-0.1, -0.05) is 74.2 Å². The Morgan fingerprint density at radius 2 is 1.24 bits per heavy atom. The second-order valence-corrected chi connectivity index (χ2v) is 25.2. The van der Waals surface area contributed by atoms with Crippen LogP contribution in [0.25, 0.3) is 22.5 Å². The number of hydrogen-bond donors (Lipinski definition) is 1. The summed E-state index contributed by atoms with van der Waals surface area (Å²) < 4.78 is 83.6. The van der Waals surface area contributed by atoms with E-state index in [1.54, 1.807) is 79.9 Å². The molecule has 0 aliphatic carbocycles. The number of ether oxygens (including phenoxy) is 4. The number of methoxy groups -OCH3 is 4. The van der Waals surface area contributed by atoms with Gasteiger partial charge in [0, 0.05) is 26.7 Å². The fourth-order valence-corrected chi connectivity index (χ4v) is 13.5. The minimum Gasteiger partial charge on any atom is -0.497 e. The van der Waals surface area contributed by atoms with E-state index in [-0.39, 0.29) is 59.2 Å². The van der Waals surface area contributed by atoms with Crippen LogP contribution in [0.4, 0.5) is 5.69 Å². The number of sulfone groups is 1. The van der Waals surface area contributed by atoms with Gasteiger partial charge in [-0.2, -0.15) is 9.10 Å². The van der Waals surface area contributed by atoms with E-state index in [4.69, 9.17) is 24.7 Å². The van der Waals surface area contributed by atoms with Crippen molar-refractivity contribution in [2.24, 2.45) is 0 Å². The fourth-order valence-electron chi connectivity index (χ4n) is 6.68. The van der Waals surface area contributed by atoms with Crippen molar-refractivity contribution < 1.29 is 40.6 Å². The Kier molecular flexibility index (Phi) is 13.9. The zero-order valence-electron chi connectivity index (χ0n) is 35.7. The lowest BCUT2D eigenvalue weighted by Crippen LogP contribution is -2.32. The highest BCUT2D eigenvalue weighted by atomic mass is 32.2. The molecule has 0 unspecified atom stereocenters. The average molecular weight is 899 g/mol. The van der Waals surface area contributed by atoms with Gasteiger partial charge in [0.25, 0.3) is 0 Å². The Hall–Kier alpha value is -6.08. The van der Waals surface area contributed by atoms with E-state index in [1.807, 2.05) is 31.8 Å². The van der Waals surface area contributed by atoms with Crippen molar-refractivity contribution in [1.29, 1.82) is 0 Å². The molecule has 0 fully saturated rings. The van der Waals surface area contributed by atoms with Crippen molar-refractivity contribution in [1.82, 2.24) is 24.5 Å². The van der Waals surface area contributed by atoms with Crippen LogP contribution >= 0.6 is 0 Å². The topological polar surface area (TPSA) is 195 Å². The van der Waals surface area contributed by atoms with Gasteiger partial charge in [-0.3, -0.25) is 0 Å². The predicted molar refractivity (Wildman–Crippen MR) is 239 cm³/mol. The zero-order chi connectivity index (χ0) is 44.8. The normalized spacial score (nSPS) is 12.0. The van der Waals surface area contributed by atoms with E-state index in [0.717, 1.165) is 5.56 Å². The minimum atomic E-state index is -4.87. The van der Waals surface area contributed by atoms with Gasteiger partial charge in [0.1, 0.15) is 22.1 Å². The van der Waals surface area contributed by atoms with Crippen molar-refractivity contribution in [3.05, 3.63) is 125 Å². The number of nitrogens with zero attached hydrogens (tertiary/aromatic N) is 5. The molecule has 0 radical (unpaired) electrons. The summed E-state index contributed by atoms with van der Waals surface area (Å²) in [5.74, 6) is 0.565. The second-order valence-electron chi connectivity index (χ2n) is 15.7. The third kappa shape index (κ3) is 10.3. The molecule has 62 heavy (non-hydrogen) atoms. The van der Waals surface area contributed by atoms with Crippen molar-refractivity contribution in [2.75, 3.05) is 39.9 Å². The standard InChI is InChI=1S/C44H50N6O9S2Si/c1-56-33-17-11-30(12-18-33)27-49(28-31-13-19-34(57-2)20-14-31)61(54,55)42-39(60(52,53)25-26-62(5,6)7)24-23-36(37-9-8-10-38(41(37)45)44(51)59-4)40(42)43-46-48-50(47-43)29-32-15-21-35(58-3)22-16-32/h8-24H,25-29,45H2,1-7H3. The number of tetrazole rings is 1. The molecule has 6 aromatic rings. The first-order chi connectivity index (χ1) is 29.5. The summed E-state index contributed by atoms with van der Waals surface area (Å²) in [6.07, 6.45) is 0. The highest BCUT2D eigenvalue weighted by Crippen LogP contribution is 2.44. The molecular weight excluding hydrogens is 849 g/mol. The summed E-state index contributed by atoms with van der Waals surface area (Å²) >= 11 is 0. The molecular formula is C44H50N6O9S2Si. The van der Waals surface area contributed by atoms with Crippen LogP contribution in [0.2, 0.25) is 25.7 Å². The molecule has 1 heterocycles. The molecule has 0 spiro atoms. The third-order valence-electron chi connectivity index (χ3n) is 10.2. The van der Waals surface area contributed by atoms with Gasteiger partial charge >= 0.3 is 5.97 Å². The monoisotopic (exact) mass is 898 g/mol. The minimum absolute atomic E-state index is 0.0175. The molecule has 0 saturated carbocycles. The van der Waals surface area contributed by atoms with Crippen LogP contribution in [0, 0.1) is 0 Å². The van der Waals surface area contributed by atoms with Crippen molar-refractivity contribution in [3.63, 3.8) is 0 Å². The van der Waals surface area contributed by atoms with Crippen molar-refractivity contribution >= 4 is 39.6 Å². The molecule has 18 heteroatoms. The molecule has 0 atom stereocenters. The van der Waals surface area contributed by atoms with Crippen LogP contribution in [-0.2, 0) is 44.2 Å². The summed E-state index contributed by atoms with van der Waals surface area (Å²) in [5, 5.41) is 13.4. The molecule has 1 aromatic heterocycles. The maximum absolute atomic E-state index is 15.9. The maximum atomic E-state index is 15.9. The van der Waals surface area contributed by atoms with Crippen LogP contribution < -0.4 is 19.9 Å². The van der Waals surface area contributed by atoms with Crippen molar-refractivity contribution in [2.45, 2.75) is 55.1 Å². The molecule has 6 rings (SSSR count). The van der Waals surface area contributed by atoms with Crippen LogP contribution in [0.3, 0.4) is 0 Å². The van der Waals surface area contributed by atoms with Gasteiger partial charge < -0.3 is 24.7 Å². The number of carbonyl (C=O) groups is 1. The van der Waals surface area contributed by atoms with E-state index in [9.17, 15) is 13.2 Å². The quantitative estimate of drug-likeness (QED) is 0.0529. The number of hydrogen-bond acceptors (Lipinski definition) is 13. The Morgan fingerprint density at radius 1 is 0.710 bits per heavy atom. The van der Waals surface area contributed by atoms with E-state index in [2.05, 4.69) is 15.4 Å². The van der Waals surface area contributed by atoms with E-state index in [0.29, 0.717) is 34.4 Å². The number of para-hydroxylation sites is 1. The smallest absolute Gasteiger partial charge is 0.339 e. The van der Waals surface area contributed by atoms with Gasteiger partial charge in [-0.15, -0.1) is 10.2 Å². The zero-order valence-corrected chi connectivity index (χ0v) is 38.3. The van der Waals surface area contributed by atoms with Crippen LogP contribution in [0.5, 0.6) is 17.2 Å². The summed E-state index contributed by atoms with van der Waals surface area (Å²) in [5.41, 5.74) is 8.86. The Labute approximate surface area is 363 Å². The van der Waals surface area contributed by atoms with E-state index >= 15 is 8.42 Å². The third-order valence-corrected chi connectivity index (χ3v) is 16.0. The molecule has 0 bridgehead atoms. The first-order valence-electron chi connectivity index (χ1n) is 19.5. The first kappa shape index (κ1) is 45.4. The lowest BCUT2D eigenvalue weighted by Gasteiger charge is -2.27. The maximum Gasteiger partial charge on any atom is 0.339 e. The van der Waals surface area contributed by atoms with Gasteiger partial charge in [0.15, 0.2) is 9.84 Å². The predicted octanol–water partition coefficient (Wildman–Crippen LogP) is 6.95. The summed E-state index contributed by atoms with van der Waals surface area (Å²) in [4.78, 5) is 13.2. The number of nitrogen functional groups attached to an aromatic ring is 1. The Morgan fingerprint density at radius 3 is 1.74 bits per heavy atom. The number of nitrogens with two attached hydrogens (primary N) is 1. The van der Waals surface area contributed by atoms with Crippen LogP contribution in [0.15, 0.2) is 113 Å². The summed E-state index contributed by atoms with van der Waals surface area (Å²) in [6.45, 7) is 5.92. The SMILES string of the molecule is COC(=O)c1cccc(-c2ccc(S(=O)(=O)CC[Si](C)(C)C)c(S(=O)(=O)N(Cc3ccc(OC)cc3)Cc3ccc(OC)cc3)c2-c2nnn(Cc3ccc(OC)cc3)n2)c1N. The lowest BCUT2D eigenvalue weighted by atomic mass is 9.95. The van der Waals surface area contributed by atoms with Crippen LogP contribution in [0.1, 0.15) is 27.0 Å². The highest BCUT2D eigenvalue weighted by Gasteiger charge is 2.38. The highest BCUT2D eigenvalue weighted by molar-refractivity contribution is 7.93. The lowest BCUT2D eigenvalue weighted by molar-refractivity contribution is 0.0602. The molecule has 326 valence electrons. The van der Waals surface area contributed by atoms with Gasteiger partial charge in [0.2, 0.25) is 15.8 Å². The van der Waals surface area contributed by atoms with Crippen molar-refractivity contribution in [3.8, 4) is 39.8 Å². The van der Waals surface area contributed by atoms with E-state index in [1.165, 1.54) is 48.6 Å². The number of carbonyl (C=O) groups excluding carboxylic acids is 1. The first-order valence-corrected chi connectivity index (χ1v) is 26.3. The Balaban J connectivity index is 1.67. The fraction of sp³-hybridized carbons (Fsp3) is 0.273. The number of anilines is 1. The average Bonchev–Trinajstić information content (AvgIpc) is 3.73. The van der Waals surface area contributed by atoms with Crippen LogP contribution in [-0.4, -0.2) is 89.6 Å². The van der Waals surface area contributed by atoms with Gasteiger partial charge in [0.05, 0.1) is 62.4 Å². The Bertz CT molecular complexity index is 2710. The number of benzene rings is 5. The molecule has 15 nitrogen and oxygen atoms in total. The molecule has 0 aliphatic heterocycles. The molecule has 0 amide bonds. The van der Waals surface area contributed by atoms with Gasteiger partial charge in [-0.25, -0.2) is 21.6 Å². The largest absolute Gasteiger partial charge is 0.497 e. The number of sulfonamides is 1. The number of aromatic nitrogens is 4. The summed E-state index contributed by atoms with van der Waals surface area (Å²) in [7, 11) is -5.33. The molecule has 0 saturated heterocycles. The number of rotatable bonds is 18. The number of esters is 1. The molecule has 0 aliphatic rings. The van der Waals surface area contributed by atoms with Gasteiger partial charge in [-0.05, 0) is 82.0 Å². The molecule has 5 aromatic carbocycles. The summed E-state index contributed by atoms with van der Waals surface area (Å²) in [6, 6.07) is 28.8. The van der Waals surface area contributed by atoms with E-state index < -0.39 is 43.7 Å². The second kappa shape index (κ2) is 18.9. The molecule has 2 N–H and O–H groups in total.